The van der Waals surface area contributed by atoms with Gasteiger partial charge in [-0.05, 0) is 0 Å². The van der Waals surface area contributed by atoms with E-state index in [0.717, 1.165) is 27.9 Å². The van der Waals surface area contributed by atoms with Crippen LogP contribution in [0.4, 0.5) is 9.59 Å². The Labute approximate surface area is 255 Å². The molecule has 0 aliphatic carbocycles. The Balaban J connectivity index is 3.37. The van der Waals surface area contributed by atoms with Crippen molar-refractivity contribution in [1.29, 1.82) is 0 Å². The molecular weight excluding hydrogens is 635 g/mol. The minimum absolute atomic E-state index is 0.212. The summed E-state index contributed by atoms with van der Waals surface area (Å²) in [6, 6.07) is -3.00. The molecule has 0 aromatic carbocycles. The summed E-state index contributed by atoms with van der Waals surface area (Å²) in [6.45, 7) is 4.56. The van der Waals surface area contributed by atoms with Gasteiger partial charge in [0.05, 0.1) is 13.7 Å². The smallest absolute Gasteiger partial charge is 0.408 e. The van der Waals surface area contributed by atoms with Crippen LogP contribution in [0.1, 0.15) is 20.8 Å². The number of esters is 4. The highest BCUT2D eigenvalue weighted by Crippen LogP contribution is 2.28. The molecule has 1 aliphatic rings. The van der Waals surface area contributed by atoms with E-state index in [1.54, 1.807) is 0 Å². The van der Waals surface area contributed by atoms with Crippen molar-refractivity contribution in [2.24, 2.45) is 0 Å². The monoisotopic (exact) mass is 664 g/mol. The van der Waals surface area contributed by atoms with Gasteiger partial charge < -0.3 is 48.5 Å². The summed E-state index contributed by atoms with van der Waals surface area (Å²) in [5.74, 6) is -3.42. The quantitative estimate of drug-likeness (QED) is 0.122. The molecule has 6 atom stereocenters. The second-order valence-corrected chi connectivity index (χ2v) is 10.8. The van der Waals surface area contributed by atoms with Crippen molar-refractivity contribution in [3.63, 3.8) is 0 Å². The molecule has 42 heavy (non-hydrogen) atoms. The lowest BCUT2D eigenvalue weighted by atomic mass is 9.96. The molecule has 16 nitrogen and oxygen atoms in total. The standard InChI is InChI=1S/C23H31Cl3N2O14/c1-6-7-36-22(34)28-16-18(41-13(4)31)17(40-12(3)30)15(9-37-11(2)29)42-20(16)38-8-14(19(32)35-5)27-21(33)39-10-23(24,25)26/h6,14-18,20H,1,7-10H2,2-5H3,(H,27,33)(H,28,34)/t14-,15+,16+,17+,18+,20+/m0/s1. The number of carbonyl (C=O) groups excluding carboxylic acids is 6. The topological polar surface area (TPSA) is 200 Å². The number of carbonyl (C=O) groups is 6. The Kier molecular flexibility index (Phi) is 15.7. The zero-order chi connectivity index (χ0) is 32.0. The number of methoxy groups -OCH3 is 1. The predicted molar refractivity (Wildman–Crippen MR) is 141 cm³/mol. The molecule has 0 bridgehead atoms. The van der Waals surface area contributed by atoms with Crippen LogP contribution < -0.4 is 10.6 Å². The Morgan fingerprint density at radius 2 is 1.55 bits per heavy atom. The molecule has 238 valence electrons. The van der Waals surface area contributed by atoms with E-state index in [1.165, 1.54) is 6.08 Å². The number of nitrogens with one attached hydrogen (secondary N) is 2. The minimum Gasteiger partial charge on any atom is -0.467 e. The van der Waals surface area contributed by atoms with Crippen molar-refractivity contribution in [2.75, 3.05) is 33.5 Å². The average Bonchev–Trinajstić information content (AvgIpc) is 2.88. The molecule has 0 saturated carbocycles. The molecule has 1 fully saturated rings. The van der Waals surface area contributed by atoms with E-state index in [1.807, 2.05) is 0 Å². The number of hydrogen-bond acceptors (Lipinski definition) is 14. The van der Waals surface area contributed by atoms with Crippen LogP contribution in [0, 0.1) is 0 Å². The molecule has 1 saturated heterocycles. The third-order valence-corrected chi connectivity index (χ3v) is 5.22. The maximum absolute atomic E-state index is 12.5. The summed E-state index contributed by atoms with van der Waals surface area (Å²) in [6.07, 6.45) is -6.81. The summed E-state index contributed by atoms with van der Waals surface area (Å²) < 4.78 is 39.6. The lowest BCUT2D eigenvalue weighted by Gasteiger charge is -2.44. The maximum Gasteiger partial charge on any atom is 0.408 e. The molecule has 1 aliphatic heterocycles. The third-order valence-electron chi connectivity index (χ3n) is 4.89. The highest BCUT2D eigenvalue weighted by atomic mass is 35.6. The Morgan fingerprint density at radius 3 is 2.07 bits per heavy atom. The van der Waals surface area contributed by atoms with Crippen molar-refractivity contribution in [1.82, 2.24) is 10.6 Å². The number of alkyl halides is 3. The van der Waals surface area contributed by atoms with Crippen molar-refractivity contribution < 1.29 is 66.7 Å². The van der Waals surface area contributed by atoms with Gasteiger partial charge in [-0.25, -0.2) is 14.4 Å². The van der Waals surface area contributed by atoms with Gasteiger partial charge in [-0.15, -0.1) is 0 Å². The predicted octanol–water partition coefficient (Wildman–Crippen LogP) is 1.07. The van der Waals surface area contributed by atoms with E-state index in [0.29, 0.717) is 0 Å². The molecule has 2 N–H and O–H groups in total. The van der Waals surface area contributed by atoms with Crippen LogP contribution in [0.5, 0.6) is 0 Å². The van der Waals surface area contributed by atoms with E-state index in [-0.39, 0.29) is 6.61 Å². The van der Waals surface area contributed by atoms with Crippen LogP contribution >= 0.6 is 34.8 Å². The summed E-state index contributed by atoms with van der Waals surface area (Å²) in [7, 11) is 1.02. The second kappa shape index (κ2) is 17.8. The van der Waals surface area contributed by atoms with Crippen LogP contribution in [-0.4, -0.2) is 110 Å². The van der Waals surface area contributed by atoms with Gasteiger partial charge in [-0.3, -0.25) is 14.4 Å². The molecule has 0 unspecified atom stereocenters. The minimum atomic E-state index is -1.94. The number of ether oxygens (including phenoxy) is 8. The first-order valence-electron chi connectivity index (χ1n) is 11.9. The first kappa shape index (κ1) is 37.0. The van der Waals surface area contributed by atoms with Gasteiger partial charge in [0.2, 0.25) is 3.79 Å². The largest absolute Gasteiger partial charge is 0.467 e. The maximum atomic E-state index is 12.5. The fourth-order valence-electron chi connectivity index (χ4n) is 3.34. The van der Waals surface area contributed by atoms with Gasteiger partial charge in [-0.2, -0.15) is 0 Å². The average molecular weight is 666 g/mol. The molecular formula is C23H31Cl3N2O14. The molecule has 2 amide bonds. The normalized spacial score (nSPS) is 22.4. The van der Waals surface area contributed by atoms with Crippen molar-refractivity contribution in [3.8, 4) is 0 Å². The number of alkyl carbamates (subject to hydrolysis) is 2. The van der Waals surface area contributed by atoms with E-state index >= 15 is 0 Å². The van der Waals surface area contributed by atoms with Gasteiger partial charge in [0.1, 0.15) is 32.0 Å². The number of amides is 2. The van der Waals surface area contributed by atoms with Crippen molar-refractivity contribution in [3.05, 3.63) is 12.7 Å². The van der Waals surface area contributed by atoms with Gasteiger partial charge in [0, 0.05) is 20.8 Å². The fraction of sp³-hybridized carbons (Fsp3) is 0.652. The van der Waals surface area contributed by atoms with Crippen LogP contribution in [-0.2, 0) is 57.1 Å². The van der Waals surface area contributed by atoms with E-state index < -0.39 is 96.4 Å². The first-order valence-corrected chi connectivity index (χ1v) is 13.1. The van der Waals surface area contributed by atoms with Crippen molar-refractivity contribution in [2.45, 2.75) is 61.2 Å². The highest BCUT2D eigenvalue weighted by Gasteiger charge is 2.52. The van der Waals surface area contributed by atoms with E-state index in [9.17, 15) is 28.8 Å². The zero-order valence-electron chi connectivity index (χ0n) is 22.9. The molecule has 0 aromatic heterocycles. The fourth-order valence-corrected chi connectivity index (χ4v) is 3.51. The van der Waals surface area contributed by atoms with Crippen LogP contribution in [0.2, 0.25) is 0 Å². The van der Waals surface area contributed by atoms with Crippen molar-refractivity contribution >= 4 is 70.9 Å². The Hall–Kier alpha value is -3.05. The molecule has 0 spiro atoms. The first-order chi connectivity index (χ1) is 19.6. The SMILES string of the molecule is C=CCOC(=O)N[C@H]1[C@H](OC[C@H](NC(=O)OCC(Cl)(Cl)Cl)C(=O)OC)O[C@H](COC(C)=O)[C@@H](OC(C)=O)[C@@H]1OC(C)=O. The highest BCUT2D eigenvalue weighted by molar-refractivity contribution is 6.67. The second-order valence-electron chi connectivity index (χ2n) is 8.30. The van der Waals surface area contributed by atoms with Crippen LogP contribution in [0.25, 0.3) is 0 Å². The molecule has 19 heteroatoms. The zero-order valence-corrected chi connectivity index (χ0v) is 25.2. The summed E-state index contributed by atoms with van der Waals surface area (Å²) in [5, 5.41) is 4.54. The van der Waals surface area contributed by atoms with Crippen LogP contribution in [0.3, 0.4) is 0 Å². The van der Waals surface area contributed by atoms with Crippen LogP contribution in [0.15, 0.2) is 12.7 Å². The van der Waals surface area contributed by atoms with Gasteiger partial charge >= 0.3 is 36.1 Å². The Morgan fingerprint density at radius 1 is 0.929 bits per heavy atom. The number of rotatable bonds is 13. The number of halogens is 3. The van der Waals surface area contributed by atoms with Gasteiger partial charge in [-0.1, -0.05) is 47.5 Å². The molecule has 0 radical (unpaired) electrons. The molecule has 0 aromatic rings. The van der Waals surface area contributed by atoms with E-state index in [2.05, 4.69) is 21.9 Å². The summed E-state index contributed by atoms with van der Waals surface area (Å²) >= 11 is 16.7. The summed E-state index contributed by atoms with van der Waals surface area (Å²) in [4.78, 5) is 72.4. The lowest BCUT2D eigenvalue weighted by molar-refractivity contribution is -0.278. The lowest BCUT2D eigenvalue weighted by Crippen LogP contribution is -2.67. The Bertz CT molecular complexity index is 992. The number of hydrogen-bond donors (Lipinski definition) is 2. The van der Waals surface area contributed by atoms with E-state index in [4.69, 9.17) is 68.0 Å². The van der Waals surface area contributed by atoms with Gasteiger partial charge in [0.25, 0.3) is 0 Å². The molecule has 1 heterocycles. The molecule has 1 rings (SSSR count). The summed E-state index contributed by atoms with van der Waals surface area (Å²) in [5.41, 5.74) is 0. The third kappa shape index (κ3) is 13.7. The van der Waals surface area contributed by atoms with Gasteiger partial charge in [0.15, 0.2) is 24.5 Å².